The topological polar surface area (TPSA) is 9.23 Å². The highest BCUT2D eigenvalue weighted by Crippen LogP contribution is 2.47. The lowest BCUT2D eigenvalue weighted by Crippen LogP contribution is -2.27. The van der Waals surface area contributed by atoms with Crippen LogP contribution in [0.5, 0.6) is 0 Å². The van der Waals surface area contributed by atoms with Crippen LogP contribution in [0.3, 0.4) is 0 Å². The van der Waals surface area contributed by atoms with Crippen LogP contribution in [0.25, 0.3) is 0 Å². The average molecular weight is 278 g/mol. The Balaban J connectivity index is 2.48. The Labute approximate surface area is 133 Å². The zero-order chi connectivity index (χ0) is 19.6. The maximum atomic E-state index is 8.01. The van der Waals surface area contributed by atoms with E-state index in [1.165, 1.54) is 0 Å². The minimum absolute atomic E-state index is 0.0559. The fourth-order valence-electron chi connectivity index (χ4n) is 3.06. The van der Waals surface area contributed by atoms with Crippen molar-refractivity contribution in [1.82, 2.24) is 0 Å². The summed E-state index contributed by atoms with van der Waals surface area (Å²) < 4.78 is 54.0. The zero-order valence-corrected chi connectivity index (χ0v) is 12.5. The fraction of sp³-hybridized carbons (Fsp3) is 0.667. The van der Waals surface area contributed by atoms with Gasteiger partial charge in [-0.1, -0.05) is 63.1 Å². The summed E-state index contributed by atoms with van der Waals surface area (Å²) in [6.45, 7) is -1.76. The molecule has 1 nitrogen and oxygen atoms in total. The van der Waals surface area contributed by atoms with E-state index < -0.39 is 32.1 Å². The van der Waals surface area contributed by atoms with Gasteiger partial charge in [0.2, 0.25) is 0 Å². The minimum atomic E-state index is -2.74. The van der Waals surface area contributed by atoms with Crippen LogP contribution in [-0.2, 0) is 4.65 Å². The summed E-state index contributed by atoms with van der Waals surface area (Å²) in [5.74, 6) is -0.878. The number of rotatable bonds is 5. The van der Waals surface area contributed by atoms with Crippen molar-refractivity contribution in [2.75, 3.05) is 0 Å². The van der Waals surface area contributed by atoms with Gasteiger partial charge in [0.1, 0.15) is 0 Å². The number of hydrogen-bond acceptors (Lipinski definition) is 1. The third-order valence-corrected chi connectivity index (χ3v) is 4.13. The molecule has 0 aromatic rings. The molecule has 0 unspecified atom stereocenters. The van der Waals surface area contributed by atoms with Crippen molar-refractivity contribution in [3.63, 3.8) is 0 Å². The molecule has 1 aliphatic heterocycles. The summed E-state index contributed by atoms with van der Waals surface area (Å²) in [6.07, 6.45) is 15.4. The van der Waals surface area contributed by atoms with E-state index in [1.54, 1.807) is 6.08 Å². The molecular formula is C18H29BO. The largest absolute Gasteiger partial charge is 0.430 e. The Hall–Kier alpha value is -0.755. The third-order valence-electron chi connectivity index (χ3n) is 4.13. The molecule has 0 N–H and O–H groups in total. The molecule has 0 spiro atoms. The molecule has 1 heterocycles. The smallest absolute Gasteiger partial charge is 0.301 e. The zero-order valence-electron chi connectivity index (χ0n) is 18.5. The maximum absolute atomic E-state index is 8.01. The van der Waals surface area contributed by atoms with E-state index in [0.29, 0.717) is 6.32 Å². The van der Waals surface area contributed by atoms with Gasteiger partial charge in [-0.2, -0.15) is 0 Å². The number of unbranched alkanes of at least 4 members (excludes halogenated alkanes) is 1. The van der Waals surface area contributed by atoms with Gasteiger partial charge in [-0.25, -0.2) is 0 Å². The first-order valence-corrected chi connectivity index (χ1v) is 7.79. The Bertz CT molecular complexity index is 549. The van der Waals surface area contributed by atoms with Crippen LogP contribution in [0.4, 0.5) is 0 Å². The van der Waals surface area contributed by atoms with Crippen molar-refractivity contribution in [1.29, 1.82) is 0 Å². The Morgan fingerprint density at radius 3 is 2.70 bits per heavy atom. The lowest BCUT2D eigenvalue weighted by atomic mass is 9.51. The molecule has 1 fully saturated rings. The minimum Gasteiger partial charge on any atom is -0.430 e. The van der Waals surface area contributed by atoms with Gasteiger partial charge >= 0.3 is 6.92 Å². The summed E-state index contributed by atoms with van der Waals surface area (Å²) in [4.78, 5) is 0. The molecule has 2 rings (SSSR count). The van der Waals surface area contributed by atoms with Crippen molar-refractivity contribution in [3.8, 4) is 0 Å². The summed E-state index contributed by atoms with van der Waals surface area (Å²) >= 11 is 0. The number of hydrogen-bond donors (Lipinski definition) is 0. The van der Waals surface area contributed by atoms with E-state index in [-0.39, 0.29) is 11.7 Å². The van der Waals surface area contributed by atoms with Crippen molar-refractivity contribution in [3.05, 3.63) is 36.5 Å². The van der Waals surface area contributed by atoms with Crippen LogP contribution in [0.15, 0.2) is 36.5 Å². The molecule has 0 aromatic carbocycles. The fourth-order valence-corrected chi connectivity index (χ4v) is 3.06. The van der Waals surface area contributed by atoms with Crippen LogP contribution in [0.1, 0.15) is 55.0 Å². The molecule has 2 heteroatoms. The molecule has 0 amide bonds. The molecule has 0 bridgehead atoms. The lowest BCUT2D eigenvalue weighted by Gasteiger charge is -2.26. The molecule has 110 valence electrons. The third kappa shape index (κ3) is 3.46. The van der Waals surface area contributed by atoms with Crippen molar-refractivity contribution >= 4 is 6.92 Å². The molecule has 0 saturated carbocycles. The highest BCUT2D eigenvalue weighted by Gasteiger charge is 2.48. The normalized spacial score (nSPS) is 37.5. The van der Waals surface area contributed by atoms with Gasteiger partial charge in [0.05, 0.1) is 5.60 Å². The van der Waals surface area contributed by atoms with E-state index in [1.807, 2.05) is 25.2 Å². The SMILES string of the molecule is [2H]C([2H])([2H])C1(C([2H])([2H])[2H])OB(CCC)[C@H]2C=C[C@@H](/C=C/CCC)C=C[C@H]21. The van der Waals surface area contributed by atoms with Gasteiger partial charge in [0, 0.05) is 20.1 Å². The maximum Gasteiger partial charge on any atom is 0.301 e. The molecule has 1 aliphatic carbocycles. The molecule has 0 aromatic heterocycles. The van der Waals surface area contributed by atoms with Gasteiger partial charge in [-0.05, 0) is 32.3 Å². The standard InChI is InChI=1S/C18H29BO/c1-5-7-8-9-15-10-12-16-17(13-11-15)19(14-6-2)20-18(16,3)4/h8-13,15-17H,5-7,14H2,1-4H3/b9-8+/t15-,16+,17-/m0/s1/i3D3,4D3. The molecule has 2 aliphatic rings. The number of allylic oxidation sites excluding steroid dienone is 5. The van der Waals surface area contributed by atoms with Gasteiger partial charge in [-0.15, -0.1) is 0 Å². The second kappa shape index (κ2) is 6.80. The summed E-state index contributed by atoms with van der Waals surface area (Å²) in [5, 5.41) is 0. The number of fused-ring (bicyclic) bond motifs is 1. The quantitative estimate of drug-likeness (QED) is 0.491. The first-order valence-electron chi connectivity index (χ1n) is 10.8. The van der Waals surface area contributed by atoms with Gasteiger partial charge in [0.25, 0.3) is 0 Å². The summed E-state index contributed by atoms with van der Waals surface area (Å²) in [7, 11) is 0. The highest BCUT2D eigenvalue weighted by atomic mass is 16.5. The van der Waals surface area contributed by atoms with Crippen LogP contribution < -0.4 is 0 Å². The van der Waals surface area contributed by atoms with Crippen molar-refractivity contribution < 1.29 is 12.9 Å². The lowest BCUT2D eigenvalue weighted by molar-refractivity contribution is 0.102. The monoisotopic (exact) mass is 278 g/mol. The Morgan fingerprint density at radius 2 is 2.00 bits per heavy atom. The second-order valence-corrected chi connectivity index (χ2v) is 5.85. The summed E-state index contributed by atoms with van der Waals surface area (Å²) in [5.41, 5.74) is -2.16. The predicted molar refractivity (Wildman–Crippen MR) is 89.1 cm³/mol. The van der Waals surface area contributed by atoms with Crippen molar-refractivity contribution in [2.45, 2.75) is 64.6 Å². The van der Waals surface area contributed by atoms with Gasteiger partial charge < -0.3 is 4.65 Å². The van der Waals surface area contributed by atoms with E-state index in [2.05, 4.69) is 19.1 Å². The van der Waals surface area contributed by atoms with Crippen molar-refractivity contribution in [2.24, 2.45) is 11.8 Å². The van der Waals surface area contributed by atoms with Crippen LogP contribution in [0.2, 0.25) is 12.1 Å². The van der Waals surface area contributed by atoms with E-state index in [9.17, 15) is 0 Å². The van der Waals surface area contributed by atoms with Gasteiger partial charge in [0.15, 0.2) is 0 Å². The Kier molecular flexibility index (Phi) is 3.16. The van der Waals surface area contributed by atoms with Crippen LogP contribution in [0, 0.1) is 11.8 Å². The molecule has 1 saturated heterocycles. The van der Waals surface area contributed by atoms with Crippen LogP contribution >= 0.6 is 0 Å². The van der Waals surface area contributed by atoms with E-state index >= 15 is 0 Å². The molecular weight excluding hydrogens is 243 g/mol. The van der Waals surface area contributed by atoms with Crippen LogP contribution in [-0.4, -0.2) is 12.5 Å². The average Bonchev–Trinajstić information content (AvgIpc) is 2.70. The molecule has 20 heavy (non-hydrogen) atoms. The second-order valence-electron chi connectivity index (χ2n) is 5.85. The first-order chi connectivity index (χ1) is 12.1. The first kappa shape index (κ1) is 9.30. The molecule has 0 radical (unpaired) electrons. The molecule has 3 atom stereocenters. The van der Waals surface area contributed by atoms with E-state index in [4.69, 9.17) is 12.9 Å². The van der Waals surface area contributed by atoms with Gasteiger partial charge in [-0.3, -0.25) is 0 Å². The van der Waals surface area contributed by atoms with E-state index in [0.717, 1.165) is 19.3 Å². The Morgan fingerprint density at radius 1 is 1.20 bits per heavy atom. The summed E-state index contributed by atoms with van der Waals surface area (Å²) in [6, 6.07) is 0. The highest BCUT2D eigenvalue weighted by molar-refractivity contribution is 6.55. The predicted octanol–water partition coefficient (Wildman–Crippen LogP) is 5.28.